The van der Waals surface area contributed by atoms with Crippen molar-refractivity contribution in [3.8, 4) is 0 Å². The minimum absolute atomic E-state index is 0.206. The van der Waals surface area contributed by atoms with Gasteiger partial charge in [-0.15, -0.1) is 0 Å². The first-order valence-electron chi connectivity index (χ1n) is 7.67. The zero-order chi connectivity index (χ0) is 14.7. The van der Waals surface area contributed by atoms with E-state index in [1.54, 1.807) is 6.92 Å². The number of ether oxygens (including phenoxy) is 6. The maximum atomic E-state index is 6.16. The smallest absolute Gasteiger partial charge is 0.283 e. The Morgan fingerprint density at radius 2 is 1.73 bits per heavy atom. The van der Waals surface area contributed by atoms with E-state index in [9.17, 15) is 0 Å². The standard InChI is InChI=1S/C16H18O6/c1-16-20-12-11-8-17-6-9-4-2-3-5-10(9)7-18-13(12)14(21-16)15(19-11)22-16/h2-5,11-15H,6-8H2,1H3/t11?,12-,13?,14-,15+,16?/m1/s1. The Morgan fingerprint density at radius 3 is 2.59 bits per heavy atom. The van der Waals surface area contributed by atoms with E-state index in [-0.39, 0.29) is 24.4 Å². The molecule has 0 saturated carbocycles. The van der Waals surface area contributed by atoms with Crippen molar-refractivity contribution < 1.29 is 28.4 Å². The van der Waals surface area contributed by atoms with Crippen molar-refractivity contribution in [1.29, 1.82) is 0 Å². The maximum absolute atomic E-state index is 6.16. The molecule has 4 aliphatic heterocycles. The molecule has 1 aromatic rings. The van der Waals surface area contributed by atoms with Crippen LogP contribution in [0.5, 0.6) is 0 Å². The van der Waals surface area contributed by atoms with Crippen LogP contribution >= 0.6 is 0 Å². The molecule has 5 bridgehead atoms. The highest BCUT2D eigenvalue weighted by atomic mass is 17.0. The van der Waals surface area contributed by atoms with E-state index in [1.807, 2.05) is 12.1 Å². The van der Waals surface area contributed by atoms with Crippen LogP contribution in [0.25, 0.3) is 0 Å². The molecule has 1 aromatic carbocycles. The molecule has 5 rings (SSSR count). The van der Waals surface area contributed by atoms with Gasteiger partial charge < -0.3 is 23.7 Å². The van der Waals surface area contributed by atoms with Gasteiger partial charge >= 0.3 is 0 Å². The largest absolute Gasteiger partial charge is 0.374 e. The van der Waals surface area contributed by atoms with Crippen LogP contribution in [-0.4, -0.2) is 43.3 Å². The van der Waals surface area contributed by atoms with Crippen molar-refractivity contribution in [2.45, 2.75) is 56.8 Å². The Hall–Kier alpha value is -1.02. The van der Waals surface area contributed by atoms with Gasteiger partial charge in [0.2, 0.25) is 0 Å². The normalized spacial score (nSPS) is 46.3. The summed E-state index contributed by atoms with van der Waals surface area (Å²) in [5.74, 6) is -1.03. The summed E-state index contributed by atoms with van der Waals surface area (Å²) in [5, 5.41) is 0. The average molecular weight is 306 g/mol. The van der Waals surface area contributed by atoms with Crippen LogP contribution in [0.4, 0.5) is 0 Å². The van der Waals surface area contributed by atoms with Crippen molar-refractivity contribution in [1.82, 2.24) is 0 Å². The van der Waals surface area contributed by atoms with Crippen molar-refractivity contribution in [2.75, 3.05) is 6.61 Å². The van der Waals surface area contributed by atoms with Crippen molar-refractivity contribution in [2.24, 2.45) is 0 Å². The SMILES string of the molecule is CC12O[C@@H]3C4COCc5ccccc5COC3[C@@H](O1)[C@@H](O4)O2. The molecule has 0 spiro atoms. The molecule has 0 amide bonds. The first kappa shape index (κ1) is 13.4. The summed E-state index contributed by atoms with van der Waals surface area (Å²) in [4.78, 5) is 0. The molecule has 0 aromatic heterocycles. The fraction of sp³-hybridized carbons (Fsp3) is 0.625. The molecular weight excluding hydrogens is 288 g/mol. The highest BCUT2D eigenvalue weighted by Gasteiger charge is 2.64. The van der Waals surface area contributed by atoms with Gasteiger partial charge in [-0.1, -0.05) is 24.3 Å². The summed E-state index contributed by atoms with van der Waals surface area (Å²) in [6.45, 7) is 3.26. The number of rotatable bonds is 0. The number of benzene rings is 1. The molecule has 0 radical (unpaired) electrons. The van der Waals surface area contributed by atoms with E-state index < -0.39 is 12.3 Å². The van der Waals surface area contributed by atoms with Crippen molar-refractivity contribution >= 4 is 0 Å². The second-order valence-electron chi connectivity index (χ2n) is 6.25. The molecule has 22 heavy (non-hydrogen) atoms. The summed E-state index contributed by atoms with van der Waals surface area (Å²) in [7, 11) is 0. The van der Waals surface area contributed by atoms with E-state index in [1.165, 1.54) is 0 Å². The van der Waals surface area contributed by atoms with Gasteiger partial charge in [0.05, 0.1) is 19.8 Å². The van der Waals surface area contributed by atoms with E-state index in [0.717, 1.165) is 11.1 Å². The van der Waals surface area contributed by atoms with Crippen LogP contribution < -0.4 is 0 Å². The van der Waals surface area contributed by atoms with Gasteiger partial charge in [0.1, 0.15) is 24.4 Å². The second-order valence-corrected chi connectivity index (χ2v) is 6.25. The Balaban J connectivity index is 1.49. The molecule has 3 unspecified atom stereocenters. The topological polar surface area (TPSA) is 55.4 Å². The molecule has 4 heterocycles. The fourth-order valence-corrected chi connectivity index (χ4v) is 3.66. The number of hydrogen-bond acceptors (Lipinski definition) is 6. The lowest BCUT2D eigenvalue weighted by Gasteiger charge is -2.45. The van der Waals surface area contributed by atoms with E-state index in [2.05, 4.69) is 12.1 Å². The zero-order valence-electron chi connectivity index (χ0n) is 12.3. The summed E-state index contributed by atoms with van der Waals surface area (Å²) < 4.78 is 35.5. The first-order valence-corrected chi connectivity index (χ1v) is 7.67. The molecule has 3 fully saturated rings. The molecule has 118 valence electrons. The van der Waals surface area contributed by atoms with Gasteiger partial charge in [0, 0.05) is 6.92 Å². The second kappa shape index (κ2) is 4.74. The molecule has 6 heteroatoms. The molecular formula is C16H18O6. The van der Waals surface area contributed by atoms with Crippen LogP contribution in [0.1, 0.15) is 18.1 Å². The predicted octanol–water partition coefficient (Wildman–Crippen LogP) is 1.31. The minimum atomic E-state index is -1.03. The highest BCUT2D eigenvalue weighted by Crippen LogP contribution is 2.46. The third-order valence-corrected chi connectivity index (χ3v) is 4.71. The Morgan fingerprint density at radius 1 is 0.955 bits per heavy atom. The Labute approximate surface area is 128 Å². The first-order chi connectivity index (χ1) is 10.7. The van der Waals surface area contributed by atoms with Crippen LogP contribution in [0.3, 0.4) is 0 Å². The lowest BCUT2D eigenvalue weighted by molar-refractivity contribution is -0.387. The molecule has 0 N–H and O–H groups in total. The Bertz CT molecular complexity index is 592. The fourth-order valence-electron chi connectivity index (χ4n) is 3.66. The summed E-state index contributed by atoms with van der Waals surface area (Å²) >= 11 is 0. The molecule has 6 atom stereocenters. The van der Waals surface area contributed by atoms with Gasteiger partial charge in [0.25, 0.3) is 5.97 Å². The van der Waals surface area contributed by atoms with Gasteiger partial charge in [-0.2, -0.15) is 0 Å². The summed E-state index contributed by atoms with van der Waals surface area (Å²) in [6, 6.07) is 8.14. The van der Waals surface area contributed by atoms with Gasteiger partial charge in [-0.25, -0.2) is 0 Å². The highest BCUT2D eigenvalue weighted by molar-refractivity contribution is 5.26. The number of hydrogen-bond donors (Lipinski definition) is 0. The van der Waals surface area contributed by atoms with Crippen LogP contribution in [0, 0.1) is 0 Å². The van der Waals surface area contributed by atoms with Crippen LogP contribution in [0.15, 0.2) is 24.3 Å². The van der Waals surface area contributed by atoms with Crippen LogP contribution in [0.2, 0.25) is 0 Å². The predicted molar refractivity (Wildman–Crippen MR) is 72.6 cm³/mol. The molecule has 4 aliphatic rings. The lowest BCUT2D eigenvalue weighted by Crippen LogP contribution is -2.62. The van der Waals surface area contributed by atoms with E-state index in [0.29, 0.717) is 19.8 Å². The zero-order valence-corrected chi connectivity index (χ0v) is 12.3. The summed E-state index contributed by atoms with van der Waals surface area (Å²) in [6.07, 6.45) is -1.38. The van der Waals surface area contributed by atoms with E-state index in [4.69, 9.17) is 28.4 Å². The average Bonchev–Trinajstić information content (AvgIpc) is 2.69. The number of fused-ring (bicyclic) bond motifs is 2. The summed E-state index contributed by atoms with van der Waals surface area (Å²) in [5.41, 5.74) is 2.27. The van der Waals surface area contributed by atoms with Crippen molar-refractivity contribution in [3.05, 3.63) is 35.4 Å². The third-order valence-electron chi connectivity index (χ3n) is 4.71. The van der Waals surface area contributed by atoms with Gasteiger partial charge in [0.15, 0.2) is 6.29 Å². The molecule has 6 nitrogen and oxygen atoms in total. The minimum Gasteiger partial charge on any atom is -0.374 e. The van der Waals surface area contributed by atoms with Gasteiger partial charge in [-0.05, 0) is 11.1 Å². The quantitative estimate of drug-likeness (QED) is 0.720. The Kier molecular flexibility index (Phi) is 2.89. The maximum Gasteiger partial charge on any atom is 0.283 e. The lowest BCUT2D eigenvalue weighted by atomic mass is 9.97. The van der Waals surface area contributed by atoms with Crippen molar-refractivity contribution in [3.63, 3.8) is 0 Å². The third kappa shape index (κ3) is 1.96. The monoisotopic (exact) mass is 306 g/mol. The van der Waals surface area contributed by atoms with Gasteiger partial charge in [-0.3, -0.25) is 4.74 Å². The molecule has 0 aliphatic carbocycles. The van der Waals surface area contributed by atoms with Crippen LogP contribution in [-0.2, 0) is 41.6 Å². The van der Waals surface area contributed by atoms with E-state index >= 15 is 0 Å². The molecule has 3 saturated heterocycles.